The fourth-order valence-corrected chi connectivity index (χ4v) is 5.76. The molecule has 2 heteroatoms. The Labute approximate surface area is 151 Å². The lowest BCUT2D eigenvalue weighted by atomic mass is 9.74. The van der Waals surface area contributed by atoms with E-state index < -0.39 is 0 Å². The van der Waals surface area contributed by atoms with Crippen LogP contribution in [0.1, 0.15) is 45.4 Å². The maximum atomic E-state index is 4.63. The van der Waals surface area contributed by atoms with E-state index in [1.165, 1.54) is 32.1 Å². The molecule has 0 amide bonds. The first-order valence-electron chi connectivity index (χ1n) is 10.1. The van der Waals surface area contributed by atoms with Crippen molar-refractivity contribution in [3.63, 3.8) is 0 Å². The molecule has 1 saturated heterocycles. The number of nitrogens with zero attached hydrogens (tertiary/aromatic N) is 2. The SMILES string of the molecule is C/C=C\CC1CC[C@H]2C3=C1CC=C1C=CCCC1N3C1=CC=NC[C@@H]12. The third-order valence-corrected chi connectivity index (χ3v) is 6.88. The molecule has 0 aromatic rings. The van der Waals surface area contributed by atoms with E-state index in [0.29, 0.717) is 17.9 Å². The smallest absolute Gasteiger partial charge is 0.0585 e. The van der Waals surface area contributed by atoms with Crippen LogP contribution in [-0.2, 0) is 0 Å². The molecular weight excluding hydrogens is 304 g/mol. The quantitative estimate of drug-likeness (QED) is 0.636. The maximum Gasteiger partial charge on any atom is 0.0585 e. The van der Waals surface area contributed by atoms with Gasteiger partial charge in [-0.3, -0.25) is 4.99 Å². The summed E-state index contributed by atoms with van der Waals surface area (Å²) in [5.74, 6) is 2.06. The summed E-state index contributed by atoms with van der Waals surface area (Å²) in [6.07, 6.45) is 23.8. The van der Waals surface area contributed by atoms with Gasteiger partial charge in [-0.1, -0.05) is 30.4 Å². The van der Waals surface area contributed by atoms with Crippen molar-refractivity contribution in [2.45, 2.75) is 51.5 Å². The van der Waals surface area contributed by atoms with Gasteiger partial charge in [0.15, 0.2) is 0 Å². The van der Waals surface area contributed by atoms with Gasteiger partial charge < -0.3 is 4.90 Å². The molecule has 4 atom stereocenters. The minimum Gasteiger partial charge on any atom is -0.341 e. The standard InChI is InChI=1S/C23H28N2/c1-2-3-6-16-9-12-19-20-15-24-14-13-22(20)25-21-8-5-4-7-17(21)10-11-18(16)23(19)25/h2-4,7,10,13-14,16,19-21H,5-6,8-9,11-12,15H2,1H3/b3-2-/t16?,19-,20-,21?/m1/s1. The molecule has 0 bridgehead atoms. The molecule has 2 unspecified atom stereocenters. The molecule has 0 radical (unpaired) electrons. The summed E-state index contributed by atoms with van der Waals surface area (Å²) < 4.78 is 0. The van der Waals surface area contributed by atoms with Gasteiger partial charge in [0.1, 0.15) is 0 Å². The lowest BCUT2D eigenvalue weighted by Crippen LogP contribution is -2.34. The highest BCUT2D eigenvalue weighted by Crippen LogP contribution is 2.55. The summed E-state index contributed by atoms with van der Waals surface area (Å²) in [4.78, 5) is 7.41. The highest BCUT2D eigenvalue weighted by molar-refractivity contribution is 5.74. The van der Waals surface area contributed by atoms with Crippen molar-refractivity contribution in [3.05, 3.63) is 59.0 Å². The van der Waals surface area contributed by atoms with Crippen LogP contribution in [0, 0.1) is 17.8 Å². The van der Waals surface area contributed by atoms with Crippen LogP contribution in [0.15, 0.2) is 64.0 Å². The Morgan fingerprint density at radius 1 is 1.24 bits per heavy atom. The van der Waals surface area contributed by atoms with Crippen LogP contribution >= 0.6 is 0 Å². The normalized spacial score (nSPS) is 36.0. The molecule has 25 heavy (non-hydrogen) atoms. The Hall–Kier alpha value is -1.83. The second-order valence-corrected chi connectivity index (χ2v) is 8.08. The van der Waals surface area contributed by atoms with Gasteiger partial charge in [0, 0.05) is 36.0 Å². The number of dihydropyridines is 1. The minimum absolute atomic E-state index is 0.559. The number of rotatable bonds is 2. The lowest BCUT2D eigenvalue weighted by molar-refractivity contribution is 0.319. The summed E-state index contributed by atoms with van der Waals surface area (Å²) in [6.45, 7) is 3.14. The zero-order valence-electron chi connectivity index (χ0n) is 15.2. The van der Waals surface area contributed by atoms with Crippen molar-refractivity contribution in [1.82, 2.24) is 4.90 Å². The second-order valence-electron chi connectivity index (χ2n) is 8.08. The first-order chi connectivity index (χ1) is 12.4. The van der Waals surface area contributed by atoms with Crippen molar-refractivity contribution in [2.24, 2.45) is 22.7 Å². The summed E-state index contributed by atoms with van der Waals surface area (Å²) in [5, 5.41) is 0. The molecule has 0 N–H and O–H groups in total. The first kappa shape index (κ1) is 15.4. The molecule has 0 saturated carbocycles. The highest BCUT2D eigenvalue weighted by atomic mass is 15.2. The summed E-state index contributed by atoms with van der Waals surface area (Å²) in [6, 6.07) is 0.559. The number of fused-ring (bicyclic) bond motifs is 5. The molecule has 130 valence electrons. The fraction of sp³-hybridized carbons (Fsp3) is 0.522. The van der Waals surface area contributed by atoms with Gasteiger partial charge in [-0.25, -0.2) is 0 Å². The minimum atomic E-state index is 0.559. The molecule has 5 aliphatic rings. The molecular formula is C23H28N2. The van der Waals surface area contributed by atoms with Crippen molar-refractivity contribution in [1.29, 1.82) is 0 Å². The third kappa shape index (κ3) is 2.33. The van der Waals surface area contributed by atoms with Crippen LogP contribution in [0.25, 0.3) is 0 Å². The number of aliphatic imine (C=N–C) groups is 1. The van der Waals surface area contributed by atoms with E-state index in [4.69, 9.17) is 0 Å². The molecule has 0 aromatic carbocycles. The Morgan fingerprint density at radius 2 is 2.20 bits per heavy atom. The summed E-state index contributed by atoms with van der Waals surface area (Å²) in [5.41, 5.74) is 6.55. The number of hydrogen-bond donors (Lipinski definition) is 0. The van der Waals surface area contributed by atoms with Crippen LogP contribution in [0.4, 0.5) is 0 Å². The lowest BCUT2D eigenvalue weighted by Gasteiger charge is -2.37. The molecule has 2 nitrogen and oxygen atoms in total. The predicted octanol–water partition coefficient (Wildman–Crippen LogP) is 5.18. The molecule has 5 rings (SSSR count). The first-order valence-corrected chi connectivity index (χ1v) is 10.1. The zero-order chi connectivity index (χ0) is 16.8. The largest absolute Gasteiger partial charge is 0.341 e. The average Bonchev–Trinajstić information content (AvgIpc) is 2.88. The van der Waals surface area contributed by atoms with Crippen molar-refractivity contribution >= 4 is 6.21 Å². The van der Waals surface area contributed by atoms with Gasteiger partial charge in [-0.05, 0) is 68.6 Å². The molecule has 3 heterocycles. The maximum absolute atomic E-state index is 4.63. The van der Waals surface area contributed by atoms with Gasteiger partial charge in [-0.15, -0.1) is 0 Å². The van der Waals surface area contributed by atoms with Crippen LogP contribution in [0.3, 0.4) is 0 Å². The monoisotopic (exact) mass is 332 g/mol. The van der Waals surface area contributed by atoms with E-state index in [1.54, 1.807) is 22.5 Å². The van der Waals surface area contributed by atoms with Gasteiger partial charge in [0.05, 0.1) is 6.04 Å². The van der Waals surface area contributed by atoms with Gasteiger partial charge in [0.25, 0.3) is 0 Å². The Bertz CT molecular complexity index is 746. The van der Waals surface area contributed by atoms with Crippen LogP contribution < -0.4 is 0 Å². The summed E-state index contributed by atoms with van der Waals surface area (Å²) in [7, 11) is 0. The van der Waals surface area contributed by atoms with E-state index in [2.05, 4.69) is 53.3 Å². The molecule has 3 aliphatic heterocycles. The Kier molecular flexibility index (Phi) is 3.80. The van der Waals surface area contributed by atoms with Gasteiger partial charge in [0.2, 0.25) is 0 Å². The number of allylic oxidation sites excluding steroid dienone is 7. The van der Waals surface area contributed by atoms with Crippen LogP contribution in [0.2, 0.25) is 0 Å². The van der Waals surface area contributed by atoms with Crippen molar-refractivity contribution in [2.75, 3.05) is 6.54 Å². The van der Waals surface area contributed by atoms with Crippen molar-refractivity contribution in [3.8, 4) is 0 Å². The summed E-state index contributed by atoms with van der Waals surface area (Å²) >= 11 is 0. The topological polar surface area (TPSA) is 15.6 Å². The highest BCUT2D eigenvalue weighted by Gasteiger charge is 2.49. The van der Waals surface area contributed by atoms with Crippen LogP contribution in [-0.4, -0.2) is 23.7 Å². The van der Waals surface area contributed by atoms with E-state index in [0.717, 1.165) is 18.9 Å². The predicted molar refractivity (Wildman–Crippen MR) is 104 cm³/mol. The van der Waals surface area contributed by atoms with Crippen LogP contribution in [0.5, 0.6) is 0 Å². The molecule has 0 spiro atoms. The Balaban J connectivity index is 1.65. The molecule has 2 aliphatic carbocycles. The van der Waals surface area contributed by atoms with E-state index >= 15 is 0 Å². The molecule has 1 fully saturated rings. The Morgan fingerprint density at radius 3 is 3.12 bits per heavy atom. The van der Waals surface area contributed by atoms with E-state index in [-0.39, 0.29) is 0 Å². The fourth-order valence-electron chi connectivity index (χ4n) is 5.76. The van der Waals surface area contributed by atoms with Crippen molar-refractivity contribution < 1.29 is 0 Å². The third-order valence-electron chi connectivity index (χ3n) is 6.88. The second kappa shape index (κ2) is 6.16. The zero-order valence-corrected chi connectivity index (χ0v) is 15.2. The van der Waals surface area contributed by atoms with E-state index in [9.17, 15) is 0 Å². The van der Waals surface area contributed by atoms with E-state index in [1.807, 2.05) is 6.21 Å². The average molecular weight is 332 g/mol. The number of hydrogen-bond acceptors (Lipinski definition) is 2. The molecule has 0 aromatic heterocycles. The van der Waals surface area contributed by atoms with Gasteiger partial charge in [-0.2, -0.15) is 0 Å². The van der Waals surface area contributed by atoms with Gasteiger partial charge >= 0.3 is 0 Å².